The topological polar surface area (TPSA) is 175 Å². The number of rotatable bonds is 0. The number of carbonyl (C=O) groups is 6. The number of carbonyl (C=O) groups excluding carboxylic acids is 6. The average Bonchev–Trinajstić information content (AvgIpc) is 0.711. The molecule has 12 nitrogen and oxygen atoms in total. The highest BCUT2D eigenvalue weighted by molar-refractivity contribution is 5.88. The Kier molecular flexibility index (Phi) is 13.2. The highest BCUT2D eigenvalue weighted by Crippen LogP contribution is 2.49. The van der Waals surface area contributed by atoms with Crippen molar-refractivity contribution in [1.29, 1.82) is 0 Å². The van der Waals surface area contributed by atoms with E-state index in [0.717, 1.165) is 0 Å². The van der Waals surface area contributed by atoms with E-state index in [1.807, 2.05) is 41.5 Å². The minimum Gasteiger partial charge on any atom is -0.330 e. The van der Waals surface area contributed by atoms with Crippen LogP contribution in [0.4, 0.5) is 0 Å². The molecule has 10 atom stereocenters. The van der Waals surface area contributed by atoms with E-state index in [1.54, 1.807) is 104 Å². The minimum absolute atomic E-state index is 0.0702. The molecule has 6 N–H and O–H groups in total. The van der Waals surface area contributed by atoms with Crippen molar-refractivity contribution in [3.05, 3.63) is 73.7 Å². The van der Waals surface area contributed by atoms with Gasteiger partial charge in [-0.05, 0) is 109 Å². The number of hydrogen-bond acceptors (Lipinski definition) is 6. The SMILES string of the molecule is [2H]C1([2H])C(=C)NC(=O)C(C)(C(C)(C)C)C1([2H])[2H].[2H]C1C(=C)N([2H])C(=O)C(C)(C(C)(C)C)C1([2H])[2H].[2H]C1C(=C)N([2H])C(=O)C(C)(C(C)(C)C)C1[2H].[2H]C1C([2H])([2H])C(=C)N([2H])C(=O)C1(C)C(C)(C)C.[2H]N1C(=C)C([2H])([2H])C([2H])([2H])C(C)(C(C)(C)C)C1=O.[2H]N1C(=C)C([2H])([2H])CC(C)(C(C)(C)C)C1=O. The van der Waals surface area contributed by atoms with Gasteiger partial charge < -0.3 is 31.9 Å². The second-order valence-corrected chi connectivity index (χ2v) is 27.7. The van der Waals surface area contributed by atoms with Gasteiger partial charge in [-0.3, -0.25) is 28.8 Å². The molecule has 0 spiro atoms. The highest BCUT2D eigenvalue weighted by Gasteiger charge is 2.50. The van der Waals surface area contributed by atoms with Gasteiger partial charge in [-0.1, -0.05) is 206 Å². The molecule has 0 aliphatic carbocycles. The minimum atomic E-state index is -2.47. The molecule has 12 heteroatoms. The van der Waals surface area contributed by atoms with Gasteiger partial charge >= 0.3 is 0 Å². The van der Waals surface area contributed by atoms with E-state index in [9.17, 15) is 28.8 Å². The molecular weight excluding hydrogens is 973 g/mol. The van der Waals surface area contributed by atoms with Crippen LogP contribution in [0, 0.1) is 65.0 Å². The van der Waals surface area contributed by atoms with E-state index in [-0.39, 0.29) is 40.8 Å². The molecule has 0 saturated carbocycles. The standard InChI is InChI=1S/6C11H19NO/c6*1-8-6-7-11(5,9(13)12-8)10(2,3)4/h6*1,6-7H2,2-5H3,(H,12,13)/i2*6D2,7D2;6D2,7D;6D,7D2;6D,7D;6D2/hD5. The summed E-state index contributed by atoms with van der Waals surface area (Å²) in [5.74, 6) is -3.29. The van der Waals surface area contributed by atoms with Crippen LogP contribution in [-0.4, -0.2) is 35.4 Å². The number of allylic oxidation sites excluding steroid dienone is 6. The number of piperidine rings is 6. The van der Waals surface area contributed by atoms with Crippen molar-refractivity contribution in [2.75, 3.05) is 0 Å². The lowest BCUT2D eigenvalue weighted by molar-refractivity contribution is -0.138. The Bertz CT molecular complexity index is 3320. The second kappa shape index (κ2) is 25.0. The van der Waals surface area contributed by atoms with Crippen molar-refractivity contribution >= 4 is 35.4 Å². The summed E-state index contributed by atoms with van der Waals surface area (Å²) in [7, 11) is 0. The number of nitrogens with one attached hydrogen (secondary N) is 6. The van der Waals surface area contributed by atoms with Gasteiger partial charge in [-0.25, -0.2) is 0 Å². The zero-order valence-electron chi connectivity index (χ0n) is 74.9. The molecule has 0 radical (unpaired) electrons. The molecule has 6 aliphatic rings. The predicted molar refractivity (Wildman–Crippen MR) is 324 cm³/mol. The van der Waals surface area contributed by atoms with Crippen LogP contribution in [0.1, 0.15) is 267 Å². The molecule has 78 heavy (non-hydrogen) atoms. The summed E-state index contributed by atoms with van der Waals surface area (Å²) in [6.07, 6.45) is -19.6. The van der Waals surface area contributed by atoms with E-state index in [4.69, 9.17) is 31.7 Å². The molecule has 0 aromatic heterocycles. The maximum atomic E-state index is 12.3. The average molecular weight is 1110 g/mol. The molecule has 6 aliphatic heterocycles. The molecule has 6 rings (SSSR count). The van der Waals surface area contributed by atoms with Gasteiger partial charge in [-0.2, -0.15) is 0 Å². The first-order chi connectivity index (χ1) is 43.8. The Hall–Kier alpha value is -4.74. The molecule has 0 aromatic carbocycles. The normalized spacial score (nSPS) is 43.4. The van der Waals surface area contributed by atoms with E-state index in [2.05, 4.69) is 44.8 Å². The summed E-state index contributed by atoms with van der Waals surface area (Å²) in [4.78, 5) is 73.0. The van der Waals surface area contributed by atoms with E-state index < -0.39 is 170 Å². The van der Waals surface area contributed by atoms with Crippen molar-refractivity contribution in [3.8, 4) is 0 Å². The zero-order valence-corrected chi connectivity index (χ0v) is 51.9. The molecule has 6 saturated heterocycles. The van der Waals surface area contributed by atoms with Gasteiger partial charge in [0, 0.05) is 58.9 Å². The maximum absolute atomic E-state index is 12.3. The van der Waals surface area contributed by atoms with Gasteiger partial charge in [0.25, 0.3) is 0 Å². The van der Waals surface area contributed by atoms with Gasteiger partial charge in [0.2, 0.25) is 35.4 Å². The summed E-state index contributed by atoms with van der Waals surface area (Å²) in [5, 5.41) is 5.16. The van der Waals surface area contributed by atoms with Crippen LogP contribution in [0.25, 0.3) is 0 Å². The summed E-state index contributed by atoms with van der Waals surface area (Å²) in [6.45, 7) is 62.0. The van der Waals surface area contributed by atoms with E-state index in [0.29, 0.717) is 26.5 Å². The lowest BCUT2D eigenvalue weighted by Gasteiger charge is -2.43. The van der Waals surface area contributed by atoms with Gasteiger partial charge in [0.1, 0.15) is 0 Å². The molecule has 444 valence electrons. The van der Waals surface area contributed by atoms with E-state index >= 15 is 0 Å². The molecular formula is C66H114N6O6. The lowest BCUT2D eigenvalue weighted by atomic mass is 9.63. The first-order valence-corrected chi connectivity index (χ1v) is 26.1. The molecule has 6 fully saturated rings. The van der Waals surface area contributed by atoms with Crippen LogP contribution in [0.5, 0.6) is 0 Å². The van der Waals surface area contributed by atoms with Gasteiger partial charge in [0.05, 0.1) is 32.5 Å². The van der Waals surface area contributed by atoms with Crippen molar-refractivity contribution < 1.29 is 60.5 Å². The first-order valence-electron chi connectivity index (χ1n) is 37.7. The predicted octanol–water partition coefficient (Wildman–Crippen LogP) is 14.8. The molecule has 0 bridgehead atoms. The summed E-state index contributed by atoms with van der Waals surface area (Å²) >= 11 is 0. The van der Waals surface area contributed by atoms with Crippen LogP contribution in [0.3, 0.4) is 0 Å². The maximum Gasteiger partial charge on any atom is 0.230 e. The molecule has 10 unspecified atom stereocenters. The van der Waals surface area contributed by atoms with Crippen molar-refractivity contribution in [2.45, 2.75) is 243 Å². The van der Waals surface area contributed by atoms with Crippen molar-refractivity contribution in [3.63, 3.8) is 0 Å². The molecule has 0 aromatic rings. The quantitative estimate of drug-likeness (QED) is 0.141. The Morgan fingerprint density at radius 1 is 0.333 bits per heavy atom. The highest BCUT2D eigenvalue weighted by atomic mass is 16.2. The third-order valence-corrected chi connectivity index (χ3v) is 16.6. The fourth-order valence-corrected chi connectivity index (χ4v) is 6.71. The van der Waals surface area contributed by atoms with Gasteiger partial charge in [-0.15, -0.1) is 0 Å². The van der Waals surface area contributed by atoms with Crippen LogP contribution >= 0.6 is 0 Å². The number of amides is 6. The monoisotopic (exact) mass is 1110 g/mol. The van der Waals surface area contributed by atoms with E-state index in [1.165, 1.54) is 20.8 Å². The first kappa shape index (κ1) is 41.3. The lowest BCUT2D eigenvalue weighted by Crippen LogP contribution is -2.49. The third-order valence-electron chi connectivity index (χ3n) is 16.6. The summed E-state index contributed by atoms with van der Waals surface area (Å²) in [5.41, 5.74) is -12.4. The van der Waals surface area contributed by atoms with Crippen LogP contribution in [0.15, 0.2) is 73.7 Å². The second-order valence-electron chi connectivity index (χ2n) is 27.7. The van der Waals surface area contributed by atoms with Gasteiger partial charge in [0.15, 0.2) is 7.06 Å². The molecule has 6 amide bonds. The van der Waals surface area contributed by atoms with Crippen LogP contribution in [-0.2, 0) is 28.8 Å². The fourth-order valence-electron chi connectivity index (χ4n) is 6.71. The zero-order chi connectivity index (χ0) is 82.0. The smallest absolute Gasteiger partial charge is 0.230 e. The summed E-state index contributed by atoms with van der Waals surface area (Å²) in [6, 6.07) is 0. The van der Waals surface area contributed by atoms with Crippen LogP contribution < -0.4 is 31.9 Å². The van der Waals surface area contributed by atoms with Crippen LogP contribution in [0.2, 0.25) is 7.06 Å². The fraction of sp³-hybridized carbons (Fsp3) is 0.727. The third kappa shape index (κ3) is 16.7. The Morgan fingerprint density at radius 2 is 0.603 bits per heavy atom. The Balaban J connectivity index is 0.000000606. The largest absolute Gasteiger partial charge is 0.330 e. The molecule has 6 heterocycles. The van der Waals surface area contributed by atoms with Crippen molar-refractivity contribution in [1.82, 2.24) is 31.9 Å². The van der Waals surface area contributed by atoms with Crippen molar-refractivity contribution in [2.24, 2.45) is 65.0 Å². The Labute approximate surface area is 508 Å². The summed E-state index contributed by atoms with van der Waals surface area (Å²) < 4.78 is 181. The number of hydrogen-bond donors (Lipinski definition) is 6. The Morgan fingerprint density at radius 3 is 0.987 bits per heavy atom.